The predicted octanol–water partition coefficient (Wildman–Crippen LogP) is 4.07. The lowest BCUT2D eigenvalue weighted by molar-refractivity contribution is 0.143. The molecule has 0 radical (unpaired) electrons. The van der Waals surface area contributed by atoms with Crippen LogP contribution in [0.5, 0.6) is 0 Å². The maximum absolute atomic E-state index is 6.06. The molecule has 0 aromatic heterocycles. The maximum atomic E-state index is 6.06. The van der Waals surface area contributed by atoms with E-state index in [0.717, 1.165) is 18.1 Å². The van der Waals surface area contributed by atoms with Crippen molar-refractivity contribution in [2.24, 2.45) is 0 Å². The van der Waals surface area contributed by atoms with Gasteiger partial charge in [0.05, 0.1) is 7.11 Å². The van der Waals surface area contributed by atoms with Crippen LogP contribution in [0.4, 0.5) is 0 Å². The normalized spacial score (nSPS) is 13.3. The molecule has 0 aliphatic heterocycles. The van der Waals surface area contributed by atoms with Crippen LogP contribution in [0.2, 0.25) is 18.1 Å². The van der Waals surface area contributed by atoms with Gasteiger partial charge in [-0.15, -0.1) is 0 Å². The second kappa shape index (κ2) is 7.57. The van der Waals surface area contributed by atoms with E-state index in [4.69, 9.17) is 9.16 Å². The van der Waals surface area contributed by atoms with Gasteiger partial charge in [0.25, 0.3) is 14.3 Å². The number of hydrogen-bond acceptors (Lipinski definition) is 2. The number of ether oxygens (including phenoxy) is 1. The Kier molecular flexibility index (Phi) is 7.22. The molecule has 0 amide bonds. The average molecular weight is 228 g/mol. The molecule has 0 saturated heterocycles. The second-order valence-corrected chi connectivity index (χ2v) is 8.25. The molecule has 3 heteroatoms. The van der Waals surface area contributed by atoms with E-state index in [9.17, 15) is 0 Å². The molecule has 0 rings (SSSR count). The number of methoxy groups -OCH3 is 1. The van der Waals surface area contributed by atoms with Crippen molar-refractivity contribution in [2.75, 3.05) is 7.11 Å². The van der Waals surface area contributed by atoms with Gasteiger partial charge in [-0.25, -0.2) is 0 Å². The molecule has 0 saturated carbocycles. The first-order valence-electron chi connectivity index (χ1n) is 5.74. The fourth-order valence-electron chi connectivity index (χ4n) is 1.50. The first-order valence-corrected chi connectivity index (χ1v) is 8.26. The number of hydrogen-bond donors (Lipinski definition) is 0. The topological polar surface area (TPSA) is 18.5 Å². The van der Waals surface area contributed by atoms with Crippen LogP contribution in [-0.4, -0.2) is 15.4 Å². The summed E-state index contributed by atoms with van der Waals surface area (Å²) in [6.45, 7) is 8.61. The Balaban J connectivity index is 4.62. The van der Waals surface area contributed by atoms with Gasteiger partial charge >= 0.3 is 0 Å². The molecule has 0 spiro atoms. The standard InChI is InChI=1S/C12H24O2Si/c1-6-10-11-12(13-5)14-15(7-2,8-3)9-4/h6,10-11H,7-9H2,1-5H3/b10-6+,12-11-. The van der Waals surface area contributed by atoms with Crippen molar-refractivity contribution in [3.8, 4) is 0 Å². The Morgan fingerprint density at radius 1 is 1.13 bits per heavy atom. The van der Waals surface area contributed by atoms with Crippen LogP contribution >= 0.6 is 0 Å². The molecule has 0 fully saturated rings. The van der Waals surface area contributed by atoms with Gasteiger partial charge in [0.2, 0.25) is 0 Å². The molecule has 2 nitrogen and oxygen atoms in total. The predicted molar refractivity (Wildman–Crippen MR) is 68.2 cm³/mol. The first-order chi connectivity index (χ1) is 7.17. The van der Waals surface area contributed by atoms with E-state index in [2.05, 4.69) is 20.8 Å². The van der Waals surface area contributed by atoms with Gasteiger partial charge in [-0.05, 0) is 25.1 Å². The lowest BCUT2D eigenvalue weighted by Crippen LogP contribution is -2.35. The minimum atomic E-state index is -1.58. The molecule has 0 bridgehead atoms. The summed E-state index contributed by atoms with van der Waals surface area (Å²) in [6, 6.07) is 3.41. The largest absolute Gasteiger partial charge is 0.519 e. The minimum Gasteiger partial charge on any atom is -0.519 e. The molecule has 0 unspecified atom stereocenters. The zero-order valence-corrected chi connectivity index (χ0v) is 11.7. The summed E-state index contributed by atoms with van der Waals surface area (Å²) < 4.78 is 11.3. The average Bonchev–Trinajstić information content (AvgIpc) is 2.30. The van der Waals surface area contributed by atoms with Crippen molar-refractivity contribution in [3.05, 3.63) is 24.2 Å². The Hall–Kier alpha value is -0.703. The quantitative estimate of drug-likeness (QED) is 0.371. The highest BCUT2D eigenvalue weighted by atomic mass is 28.4. The summed E-state index contributed by atoms with van der Waals surface area (Å²) in [6.07, 6.45) is 5.80. The van der Waals surface area contributed by atoms with Crippen molar-refractivity contribution in [2.45, 2.75) is 45.8 Å². The summed E-state index contributed by atoms with van der Waals surface area (Å²) in [4.78, 5) is 0. The smallest absolute Gasteiger partial charge is 0.264 e. The second-order valence-electron chi connectivity index (χ2n) is 3.56. The molecule has 0 aromatic rings. The van der Waals surface area contributed by atoms with Gasteiger partial charge in [0.15, 0.2) is 0 Å². The van der Waals surface area contributed by atoms with E-state index in [0.29, 0.717) is 5.95 Å². The molecule has 0 aliphatic rings. The first kappa shape index (κ1) is 14.3. The highest BCUT2D eigenvalue weighted by Gasteiger charge is 2.31. The van der Waals surface area contributed by atoms with Gasteiger partial charge < -0.3 is 9.16 Å². The van der Waals surface area contributed by atoms with Crippen molar-refractivity contribution >= 4 is 8.32 Å². The third kappa shape index (κ3) is 4.56. The van der Waals surface area contributed by atoms with Crippen LogP contribution in [0.1, 0.15) is 27.7 Å². The van der Waals surface area contributed by atoms with Crippen molar-refractivity contribution in [1.82, 2.24) is 0 Å². The molecular weight excluding hydrogens is 204 g/mol. The summed E-state index contributed by atoms with van der Waals surface area (Å²) in [7, 11) is 0.0836. The molecule has 0 atom stereocenters. The number of rotatable bonds is 7. The van der Waals surface area contributed by atoms with Crippen LogP contribution in [0.3, 0.4) is 0 Å². The van der Waals surface area contributed by atoms with E-state index in [1.807, 2.05) is 25.2 Å². The molecule has 0 aliphatic carbocycles. The van der Waals surface area contributed by atoms with Crippen LogP contribution in [0.15, 0.2) is 24.2 Å². The molecule has 0 aromatic carbocycles. The zero-order chi connectivity index (χ0) is 11.7. The Morgan fingerprint density at radius 2 is 1.67 bits per heavy atom. The van der Waals surface area contributed by atoms with Gasteiger partial charge in [-0.1, -0.05) is 32.9 Å². The third-order valence-electron chi connectivity index (χ3n) is 2.88. The van der Waals surface area contributed by atoms with Crippen LogP contribution in [0, 0.1) is 0 Å². The lowest BCUT2D eigenvalue weighted by Gasteiger charge is -2.29. The molecule has 15 heavy (non-hydrogen) atoms. The molecule has 0 heterocycles. The van der Waals surface area contributed by atoms with Crippen LogP contribution < -0.4 is 0 Å². The monoisotopic (exact) mass is 228 g/mol. The minimum absolute atomic E-state index is 0.658. The highest BCUT2D eigenvalue weighted by molar-refractivity contribution is 6.73. The summed E-state index contributed by atoms with van der Waals surface area (Å²) in [5, 5.41) is 0. The van der Waals surface area contributed by atoms with Crippen molar-refractivity contribution < 1.29 is 9.16 Å². The zero-order valence-electron chi connectivity index (χ0n) is 10.7. The third-order valence-corrected chi connectivity index (χ3v) is 7.38. The van der Waals surface area contributed by atoms with E-state index in [1.54, 1.807) is 7.11 Å². The fraction of sp³-hybridized carbons (Fsp3) is 0.667. The molecule has 88 valence electrons. The Labute approximate surface area is 95.1 Å². The van der Waals surface area contributed by atoms with E-state index in [1.165, 1.54) is 0 Å². The van der Waals surface area contributed by atoms with Gasteiger partial charge in [-0.3, -0.25) is 0 Å². The van der Waals surface area contributed by atoms with Crippen molar-refractivity contribution in [1.29, 1.82) is 0 Å². The van der Waals surface area contributed by atoms with E-state index >= 15 is 0 Å². The van der Waals surface area contributed by atoms with E-state index in [-0.39, 0.29) is 0 Å². The van der Waals surface area contributed by atoms with E-state index < -0.39 is 8.32 Å². The Bertz CT molecular complexity index is 209. The SMILES string of the molecule is C/C=C/C=C(/OC)O[Si](CC)(CC)CC. The van der Waals surface area contributed by atoms with Crippen LogP contribution in [0.25, 0.3) is 0 Å². The van der Waals surface area contributed by atoms with Gasteiger partial charge in [0, 0.05) is 6.08 Å². The lowest BCUT2D eigenvalue weighted by atomic mass is 10.5. The summed E-state index contributed by atoms with van der Waals surface area (Å²) in [5.74, 6) is 0.658. The highest BCUT2D eigenvalue weighted by Crippen LogP contribution is 2.24. The van der Waals surface area contributed by atoms with Crippen LogP contribution in [-0.2, 0) is 9.16 Å². The van der Waals surface area contributed by atoms with Crippen molar-refractivity contribution in [3.63, 3.8) is 0 Å². The summed E-state index contributed by atoms with van der Waals surface area (Å²) >= 11 is 0. The Morgan fingerprint density at radius 3 is 2.00 bits per heavy atom. The summed E-state index contributed by atoms with van der Waals surface area (Å²) in [5.41, 5.74) is 0. The number of allylic oxidation sites excluding steroid dienone is 3. The van der Waals surface area contributed by atoms with Gasteiger partial charge in [-0.2, -0.15) is 0 Å². The fourth-order valence-corrected chi connectivity index (χ4v) is 4.01. The molecular formula is C12H24O2Si. The maximum Gasteiger partial charge on any atom is 0.264 e. The molecule has 0 N–H and O–H groups in total. The van der Waals surface area contributed by atoms with Gasteiger partial charge in [0.1, 0.15) is 0 Å².